The van der Waals surface area contributed by atoms with E-state index in [9.17, 15) is 0 Å². The van der Waals surface area contributed by atoms with Gasteiger partial charge in [-0.15, -0.1) is 0 Å². The zero-order valence-corrected chi connectivity index (χ0v) is 30.7. The van der Waals surface area contributed by atoms with Crippen LogP contribution in [0.2, 0.25) is 0 Å². The van der Waals surface area contributed by atoms with Gasteiger partial charge >= 0.3 is 0 Å². The third-order valence-electron chi connectivity index (χ3n) is 9.29. The SMILES string of the molecule is C1=CC([P+](c2ccccc2)(c2ccccc2)c2ccccc2)CCC1[P+](c1ccccc1)(c1ccccc1)c1ccccc1.[Br-].[Br-]. The van der Waals surface area contributed by atoms with Gasteiger partial charge in [0.1, 0.15) is 57.7 Å². The van der Waals surface area contributed by atoms with Crippen molar-refractivity contribution < 1.29 is 34.0 Å². The Morgan fingerprint density at radius 3 is 0.609 bits per heavy atom. The van der Waals surface area contributed by atoms with Crippen LogP contribution in [0.5, 0.6) is 0 Å². The molecule has 0 amide bonds. The van der Waals surface area contributed by atoms with E-state index in [0.717, 1.165) is 12.8 Å². The van der Waals surface area contributed by atoms with Crippen molar-refractivity contribution >= 4 is 46.4 Å². The molecule has 2 unspecified atom stereocenters. The average molecular weight is 765 g/mol. The molecule has 1 aliphatic carbocycles. The van der Waals surface area contributed by atoms with Crippen molar-refractivity contribution in [1.82, 2.24) is 0 Å². The number of allylic oxidation sites excluding steroid dienone is 2. The van der Waals surface area contributed by atoms with Crippen molar-refractivity contribution in [3.8, 4) is 0 Å². The van der Waals surface area contributed by atoms with Gasteiger partial charge in [-0.3, -0.25) is 0 Å². The largest absolute Gasteiger partial charge is 1.00 e. The van der Waals surface area contributed by atoms with Gasteiger partial charge in [0.05, 0.1) is 0 Å². The van der Waals surface area contributed by atoms with Crippen LogP contribution in [0.25, 0.3) is 0 Å². The van der Waals surface area contributed by atoms with Crippen LogP contribution in [0.1, 0.15) is 12.8 Å². The lowest BCUT2D eigenvalue weighted by Gasteiger charge is -2.39. The Balaban J connectivity index is 0.00000208. The molecule has 1 aliphatic rings. The molecule has 230 valence electrons. The first-order valence-electron chi connectivity index (χ1n) is 15.6. The summed E-state index contributed by atoms with van der Waals surface area (Å²) >= 11 is 0. The standard InChI is InChI=1S/C42H38P2.2BrH/c1-7-19-35(20-8-1)43(36-21-9-2-10-22-36,37-23-11-3-12-24-37)41-31-33-42(34-32-41)44(38-25-13-4-14-26-38,39-27-15-5-16-28-39)40-29-17-6-18-30-40;;/h1-31,33,41-42H,32,34H2;2*1H/q+2;;/p-2. The summed E-state index contributed by atoms with van der Waals surface area (Å²) in [5.74, 6) is 0. The van der Waals surface area contributed by atoms with Crippen LogP contribution >= 0.6 is 14.5 Å². The second-order valence-electron chi connectivity index (χ2n) is 11.6. The number of rotatable bonds is 8. The molecule has 0 fully saturated rings. The lowest BCUT2D eigenvalue weighted by molar-refractivity contribution is -0.00100. The summed E-state index contributed by atoms with van der Waals surface area (Å²) in [5.41, 5.74) is 0.824. The van der Waals surface area contributed by atoms with Gasteiger partial charge in [-0.2, -0.15) is 0 Å². The third kappa shape index (κ3) is 6.14. The minimum absolute atomic E-state index is 0. The van der Waals surface area contributed by atoms with E-state index < -0.39 is 14.5 Å². The van der Waals surface area contributed by atoms with E-state index >= 15 is 0 Å². The Morgan fingerprint density at radius 1 is 0.283 bits per heavy atom. The van der Waals surface area contributed by atoms with E-state index in [1.165, 1.54) is 31.8 Å². The molecule has 0 N–H and O–H groups in total. The molecular formula is C42H38Br2P2. The Bertz CT molecular complexity index is 1470. The topological polar surface area (TPSA) is 0 Å². The summed E-state index contributed by atoms with van der Waals surface area (Å²) in [7, 11) is -4.00. The normalized spacial score (nSPS) is 16.1. The lowest BCUT2D eigenvalue weighted by Crippen LogP contribution is -3.00. The zero-order valence-electron chi connectivity index (χ0n) is 25.7. The highest BCUT2D eigenvalue weighted by molar-refractivity contribution is 7.97. The smallest absolute Gasteiger partial charge is 0.118 e. The van der Waals surface area contributed by atoms with Gasteiger partial charge in [-0.05, 0) is 97.8 Å². The molecular weight excluding hydrogens is 726 g/mol. The molecule has 6 aromatic carbocycles. The predicted molar refractivity (Wildman–Crippen MR) is 196 cm³/mol. The highest BCUT2D eigenvalue weighted by atomic mass is 79.9. The van der Waals surface area contributed by atoms with E-state index in [1.54, 1.807) is 0 Å². The summed E-state index contributed by atoms with van der Waals surface area (Å²) in [6.07, 6.45) is 7.56. The Morgan fingerprint density at radius 2 is 0.457 bits per heavy atom. The zero-order chi connectivity index (χ0) is 29.7. The molecule has 2 atom stereocenters. The van der Waals surface area contributed by atoms with Crippen LogP contribution in [-0.2, 0) is 0 Å². The van der Waals surface area contributed by atoms with Crippen LogP contribution in [0.3, 0.4) is 0 Å². The van der Waals surface area contributed by atoms with Crippen LogP contribution in [-0.4, -0.2) is 11.3 Å². The van der Waals surface area contributed by atoms with Crippen LogP contribution < -0.4 is 65.8 Å². The Kier molecular flexibility index (Phi) is 11.6. The quantitative estimate of drug-likeness (QED) is 0.165. The molecule has 7 rings (SSSR count). The van der Waals surface area contributed by atoms with Crippen molar-refractivity contribution in [3.05, 3.63) is 194 Å². The first-order valence-corrected chi connectivity index (χ1v) is 19.4. The van der Waals surface area contributed by atoms with Crippen LogP contribution in [0.4, 0.5) is 0 Å². The summed E-state index contributed by atoms with van der Waals surface area (Å²) in [4.78, 5) is 0. The van der Waals surface area contributed by atoms with Gasteiger partial charge in [0.25, 0.3) is 0 Å². The molecule has 0 aromatic heterocycles. The molecule has 0 saturated carbocycles. The fourth-order valence-electron chi connectivity index (χ4n) is 7.46. The van der Waals surface area contributed by atoms with Crippen LogP contribution in [0, 0.1) is 0 Å². The number of benzene rings is 6. The second-order valence-corrected chi connectivity index (χ2v) is 18.9. The van der Waals surface area contributed by atoms with Crippen molar-refractivity contribution in [3.63, 3.8) is 0 Å². The van der Waals surface area contributed by atoms with Gasteiger partial charge in [0.15, 0.2) is 0 Å². The van der Waals surface area contributed by atoms with Crippen molar-refractivity contribution in [2.75, 3.05) is 0 Å². The minimum Gasteiger partial charge on any atom is -1.00 e. The van der Waals surface area contributed by atoms with Gasteiger partial charge < -0.3 is 34.0 Å². The predicted octanol–water partition coefficient (Wildman–Crippen LogP) is 2.07. The maximum Gasteiger partial charge on any atom is 0.118 e. The summed E-state index contributed by atoms with van der Waals surface area (Å²) in [5, 5.41) is 8.75. The minimum atomic E-state index is -2.00. The molecule has 4 heteroatoms. The second kappa shape index (κ2) is 15.6. The fraction of sp³-hybridized carbons (Fsp3) is 0.0952. The highest BCUT2D eigenvalue weighted by Gasteiger charge is 2.56. The van der Waals surface area contributed by atoms with E-state index in [-0.39, 0.29) is 34.0 Å². The van der Waals surface area contributed by atoms with E-state index in [1.807, 2.05) is 0 Å². The van der Waals surface area contributed by atoms with E-state index in [0.29, 0.717) is 11.3 Å². The van der Waals surface area contributed by atoms with Crippen molar-refractivity contribution in [2.45, 2.75) is 24.2 Å². The maximum absolute atomic E-state index is 2.64. The summed E-state index contributed by atoms with van der Waals surface area (Å²) in [6, 6.07) is 68.1. The molecule has 0 spiro atoms. The molecule has 0 saturated heterocycles. The number of halogens is 2. The van der Waals surface area contributed by atoms with E-state index in [2.05, 4.69) is 194 Å². The van der Waals surface area contributed by atoms with Gasteiger partial charge in [-0.25, -0.2) is 0 Å². The summed E-state index contributed by atoms with van der Waals surface area (Å²) in [6.45, 7) is 0. The first kappa shape index (κ1) is 34.2. The molecule has 0 aliphatic heterocycles. The number of hydrogen-bond acceptors (Lipinski definition) is 0. The first-order chi connectivity index (χ1) is 21.8. The molecule has 0 bridgehead atoms. The van der Waals surface area contributed by atoms with Crippen molar-refractivity contribution in [1.29, 1.82) is 0 Å². The molecule has 0 nitrogen and oxygen atoms in total. The highest BCUT2D eigenvalue weighted by Crippen LogP contribution is 2.66. The number of hydrogen-bond donors (Lipinski definition) is 0. The monoisotopic (exact) mass is 762 g/mol. The summed E-state index contributed by atoms with van der Waals surface area (Å²) < 4.78 is 0. The molecule has 0 heterocycles. The third-order valence-corrected chi connectivity index (χ3v) is 18.8. The average Bonchev–Trinajstić information content (AvgIpc) is 3.12. The molecule has 6 aromatic rings. The Hall–Kier alpha value is -3.12. The van der Waals surface area contributed by atoms with Gasteiger partial charge in [0, 0.05) is 0 Å². The Labute approximate surface area is 296 Å². The van der Waals surface area contributed by atoms with E-state index in [4.69, 9.17) is 0 Å². The molecule has 0 radical (unpaired) electrons. The fourth-order valence-corrected chi connectivity index (χ4v) is 17.2. The van der Waals surface area contributed by atoms with Gasteiger partial charge in [-0.1, -0.05) is 109 Å². The maximum atomic E-state index is 2.64. The van der Waals surface area contributed by atoms with Crippen LogP contribution in [0.15, 0.2) is 194 Å². The molecule has 46 heavy (non-hydrogen) atoms. The van der Waals surface area contributed by atoms with Gasteiger partial charge in [0.2, 0.25) is 0 Å². The van der Waals surface area contributed by atoms with Crippen molar-refractivity contribution in [2.24, 2.45) is 0 Å². The lowest BCUT2D eigenvalue weighted by atomic mass is 10.1.